The van der Waals surface area contributed by atoms with Crippen LogP contribution in [0.5, 0.6) is 11.5 Å². The highest BCUT2D eigenvalue weighted by molar-refractivity contribution is 7.87. The zero-order chi connectivity index (χ0) is 23.2. The summed E-state index contributed by atoms with van der Waals surface area (Å²) < 4.78 is 45.0. The molecule has 0 saturated carbocycles. The first-order valence-corrected chi connectivity index (χ1v) is 10.3. The molecule has 166 valence electrons. The zero-order valence-corrected chi connectivity index (χ0v) is 17.6. The molecule has 31 heavy (non-hydrogen) atoms. The molecule has 0 aliphatic rings. The molecule has 0 saturated heterocycles. The average molecular weight is 453 g/mol. The predicted octanol–water partition coefficient (Wildman–Crippen LogP) is 2.72. The number of nitrogens with zero attached hydrogens (tertiary/aromatic N) is 1. The van der Waals surface area contributed by atoms with Gasteiger partial charge in [0, 0.05) is 6.07 Å². The van der Waals surface area contributed by atoms with E-state index in [-0.39, 0.29) is 35.8 Å². The fourth-order valence-corrected chi connectivity index (χ4v) is 3.39. The fraction of sp³-hybridized carbons (Fsp3) is 0.263. The molecular formula is C19H19NO10S. The molecule has 11 nitrogen and oxygen atoms in total. The Kier molecular flexibility index (Phi) is 7.53. The summed E-state index contributed by atoms with van der Waals surface area (Å²) in [5, 5.41) is 11.2. The number of esters is 2. The number of hydrogen-bond donors (Lipinski definition) is 0. The Morgan fingerprint density at radius 2 is 1.52 bits per heavy atom. The smallest absolute Gasteiger partial charge is 0.339 e. The van der Waals surface area contributed by atoms with Gasteiger partial charge < -0.3 is 18.4 Å². The molecule has 2 aromatic rings. The van der Waals surface area contributed by atoms with Crippen molar-refractivity contribution < 1.29 is 41.3 Å². The number of nitro benzene ring substituents is 1. The lowest BCUT2D eigenvalue weighted by molar-refractivity contribution is -0.386. The number of nitro groups is 1. The van der Waals surface area contributed by atoms with Crippen LogP contribution in [0.4, 0.5) is 5.69 Å². The number of rotatable bonds is 9. The Balaban J connectivity index is 2.50. The van der Waals surface area contributed by atoms with Crippen LogP contribution in [0.3, 0.4) is 0 Å². The second-order valence-corrected chi connectivity index (χ2v) is 7.36. The highest BCUT2D eigenvalue weighted by Gasteiger charge is 2.25. The van der Waals surface area contributed by atoms with Gasteiger partial charge in [0.25, 0.3) is 0 Å². The van der Waals surface area contributed by atoms with Gasteiger partial charge >= 0.3 is 27.7 Å². The topological polar surface area (TPSA) is 148 Å². The molecule has 2 rings (SSSR count). The summed E-state index contributed by atoms with van der Waals surface area (Å²) in [5.74, 6) is -2.14. The molecule has 2 aromatic carbocycles. The third kappa shape index (κ3) is 5.69. The van der Waals surface area contributed by atoms with E-state index in [1.807, 2.05) is 0 Å². The van der Waals surface area contributed by atoms with Gasteiger partial charge in [-0.1, -0.05) is 0 Å². The number of hydrogen-bond acceptors (Lipinski definition) is 10. The van der Waals surface area contributed by atoms with E-state index < -0.39 is 37.6 Å². The van der Waals surface area contributed by atoms with Crippen molar-refractivity contribution in [1.82, 2.24) is 0 Å². The lowest BCUT2D eigenvalue weighted by Crippen LogP contribution is -2.13. The summed E-state index contributed by atoms with van der Waals surface area (Å²) in [6.45, 7) is 3.25. The van der Waals surface area contributed by atoms with Crippen LogP contribution in [0.2, 0.25) is 0 Å². The first-order chi connectivity index (χ1) is 14.6. The fourth-order valence-electron chi connectivity index (χ4n) is 2.45. The van der Waals surface area contributed by atoms with Crippen molar-refractivity contribution in [3.05, 3.63) is 57.6 Å². The van der Waals surface area contributed by atoms with Crippen LogP contribution in [-0.4, -0.2) is 45.6 Å². The Bertz CT molecular complexity index is 1070. The van der Waals surface area contributed by atoms with Crippen LogP contribution in [0.25, 0.3) is 0 Å². The minimum Gasteiger partial charge on any atom is -0.490 e. The summed E-state index contributed by atoms with van der Waals surface area (Å²) in [7, 11) is -3.37. The number of carbonyl (C=O) groups is 2. The minimum atomic E-state index is -4.57. The van der Waals surface area contributed by atoms with Crippen molar-refractivity contribution in [2.75, 3.05) is 20.3 Å². The molecule has 0 aliphatic heterocycles. The average Bonchev–Trinajstić information content (AvgIpc) is 2.72. The molecule has 0 atom stereocenters. The van der Waals surface area contributed by atoms with Crippen LogP contribution in [-0.2, 0) is 19.6 Å². The van der Waals surface area contributed by atoms with Gasteiger partial charge in [-0.2, -0.15) is 8.42 Å². The van der Waals surface area contributed by atoms with E-state index in [4.69, 9.17) is 18.4 Å². The van der Waals surface area contributed by atoms with E-state index in [1.165, 1.54) is 13.2 Å². The molecule has 12 heteroatoms. The molecule has 0 fully saturated rings. The summed E-state index contributed by atoms with van der Waals surface area (Å²) in [6.07, 6.45) is 0. The van der Waals surface area contributed by atoms with E-state index in [0.29, 0.717) is 0 Å². The van der Waals surface area contributed by atoms with Crippen LogP contribution in [0, 0.1) is 10.1 Å². The second-order valence-electron chi connectivity index (χ2n) is 5.82. The molecule has 0 heterocycles. The van der Waals surface area contributed by atoms with Crippen molar-refractivity contribution in [1.29, 1.82) is 0 Å². The lowest BCUT2D eigenvalue weighted by atomic mass is 10.1. The monoisotopic (exact) mass is 453 g/mol. The molecule has 0 spiro atoms. The third-order valence-corrected chi connectivity index (χ3v) is 5.01. The van der Waals surface area contributed by atoms with E-state index in [0.717, 1.165) is 30.3 Å². The third-order valence-electron chi connectivity index (χ3n) is 3.77. The SMILES string of the molecule is CCOC(=O)c1cc(OS(=O)(=O)c2ccc(OC)c([N+](=O)[O-])c2)cc(C(=O)OCC)c1. The zero-order valence-electron chi connectivity index (χ0n) is 16.8. The van der Waals surface area contributed by atoms with Gasteiger partial charge in [0.2, 0.25) is 0 Å². The molecule has 0 N–H and O–H groups in total. The van der Waals surface area contributed by atoms with E-state index in [9.17, 15) is 28.1 Å². The van der Waals surface area contributed by atoms with Gasteiger partial charge in [-0.15, -0.1) is 0 Å². The normalized spacial score (nSPS) is 10.8. The van der Waals surface area contributed by atoms with Gasteiger partial charge in [-0.25, -0.2) is 9.59 Å². The minimum absolute atomic E-state index is 0.0481. The summed E-state index contributed by atoms with van der Waals surface area (Å²) in [4.78, 5) is 34.0. The molecular weight excluding hydrogens is 434 g/mol. The standard InChI is InChI=1S/C19H19NO10S/c1-4-28-18(21)12-8-13(19(22)29-5-2)10-14(9-12)30-31(25,26)15-6-7-17(27-3)16(11-15)20(23)24/h6-11H,4-5H2,1-3H3. The molecule has 0 bridgehead atoms. The quantitative estimate of drug-likeness (QED) is 0.240. The number of benzene rings is 2. The van der Waals surface area contributed by atoms with Crippen molar-refractivity contribution in [3.63, 3.8) is 0 Å². The van der Waals surface area contributed by atoms with Gasteiger partial charge in [-0.3, -0.25) is 10.1 Å². The van der Waals surface area contributed by atoms with Crippen molar-refractivity contribution in [2.45, 2.75) is 18.7 Å². The van der Waals surface area contributed by atoms with E-state index in [2.05, 4.69) is 0 Å². The predicted molar refractivity (Wildman–Crippen MR) is 106 cm³/mol. The Labute approximate surface area is 177 Å². The summed E-state index contributed by atoms with van der Waals surface area (Å²) in [6, 6.07) is 6.24. The van der Waals surface area contributed by atoms with Crippen LogP contribution in [0.15, 0.2) is 41.3 Å². The van der Waals surface area contributed by atoms with Crippen LogP contribution < -0.4 is 8.92 Å². The van der Waals surface area contributed by atoms with Crippen LogP contribution >= 0.6 is 0 Å². The van der Waals surface area contributed by atoms with Crippen LogP contribution in [0.1, 0.15) is 34.6 Å². The van der Waals surface area contributed by atoms with Crippen molar-refractivity contribution in [2.24, 2.45) is 0 Å². The highest BCUT2D eigenvalue weighted by Crippen LogP contribution is 2.31. The first kappa shape index (κ1) is 23.6. The van der Waals surface area contributed by atoms with Crippen molar-refractivity contribution in [3.8, 4) is 11.5 Å². The molecule has 0 aromatic heterocycles. The van der Waals surface area contributed by atoms with E-state index >= 15 is 0 Å². The second kappa shape index (κ2) is 9.89. The number of methoxy groups -OCH3 is 1. The van der Waals surface area contributed by atoms with Gasteiger partial charge in [0.15, 0.2) is 5.75 Å². The van der Waals surface area contributed by atoms with E-state index in [1.54, 1.807) is 13.8 Å². The maximum atomic E-state index is 12.7. The highest BCUT2D eigenvalue weighted by atomic mass is 32.2. The van der Waals surface area contributed by atoms with Gasteiger partial charge in [0.1, 0.15) is 10.6 Å². The molecule has 0 amide bonds. The maximum Gasteiger partial charge on any atom is 0.339 e. The number of ether oxygens (including phenoxy) is 3. The maximum absolute atomic E-state index is 12.7. The lowest BCUT2D eigenvalue weighted by Gasteiger charge is -2.11. The largest absolute Gasteiger partial charge is 0.490 e. The molecule has 0 aliphatic carbocycles. The first-order valence-electron chi connectivity index (χ1n) is 8.89. The van der Waals surface area contributed by atoms with Crippen molar-refractivity contribution >= 4 is 27.7 Å². The Morgan fingerprint density at radius 3 is 1.97 bits per heavy atom. The molecule has 0 unspecified atom stereocenters. The van der Waals surface area contributed by atoms with Gasteiger partial charge in [0.05, 0.1) is 36.4 Å². The molecule has 0 radical (unpaired) electrons. The number of carbonyl (C=O) groups excluding carboxylic acids is 2. The Hall–Kier alpha value is -3.67. The van der Waals surface area contributed by atoms with Gasteiger partial charge in [-0.05, 0) is 44.2 Å². The summed E-state index contributed by atoms with van der Waals surface area (Å²) >= 11 is 0. The summed E-state index contributed by atoms with van der Waals surface area (Å²) in [5.41, 5.74) is -0.865. The Morgan fingerprint density at radius 1 is 0.968 bits per heavy atom.